The average Bonchev–Trinajstić information content (AvgIpc) is 3.01. The smallest absolute Gasteiger partial charge is 0.352 e. The third-order valence-electron chi connectivity index (χ3n) is 6.20. The molecular formula is C21H30F3N3O3S. The van der Waals surface area contributed by atoms with E-state index in [2.05, 4.69) is 5.32 Å². The minimum Gasteiger partial charge on any atom is -0.352 e. The number of alkyl halides is 3. The van der Waals surface area contributed by atoms with Crippen LogP contribution >= 0.6 is 0 Å². The van der Waals surface area contributed by atoms with Crippen LogP contribution in [0.15, 0.2) is 29.2 Å². The summed E-state index contributed by atoms with van der Waals surface area (Å²) in [5, 5.41) is 3.12. The molecule has 1 aliphatic carbocycles. The number of nitrogens with zero attached hydrogens (tertiary/aromatic N) is 2. The van der Waals surface area contributed by atoms with Crippen molar-refractivity contribution in [3.63, 3.8) is 0 Å². The summed E-state index contributed by atoms with van der Waals surface area (Å²) < 4.78 is 65.7. The lowest BCUT2D eigenvalue weighted by Gasteiger charge is -2.37. The number of carbonyl (C=O) groups is 1. The maximum atomic E-state index is 13.0. The lowest BCUT2D eigenvalue weighted by Crippen LogP contribution is -2.55. The van der Waals surface area contributed by atoms with Gasteiger partial charge < -0.3 is 5.32 Å². The highest BCUT2D eigenvalue weighted by Crippen LogP contribution is 2.31. The molecule has 1 aromatic rings. The van der Waals surface area contributed by atoms with E-state index in [1.165, 1.54) is 23.2 Å². The normalized spacial score (nSPS) is 21.4. The van der Waals surface area contributed by atoms with Crippen LogP contribution < -0.4 is 5.32 Å². The Morgan fingerprint density at radius 1 is 1.06 bits per heavy atom. The van der Waals surface area contributed by atoms with Gasteiger partial charge in [-0.15, -0.1) is 0 Å². The van der Waals surface area contributed by atoms with Crippen LogP contribution in [0.5, 0.6) is 0 Å². The van der Waals surface area contributed by atoms with Crippen LogP contribution in [-0.4, -0.2) is 61.8 Å². The van der Waals surface area contributed by atoms with Gasteiger partial charge in [0.1, 0.15) is 0 Å². The van der Waals surface area contributed by atoms with Gasteiger partial charge in [-0.3, -0.25) is 9.69 Å². The number of carbonyl (C=O) groups excluding carboxylic acids is 1. The summed E-state index contributed by atoms with van der Waals surface area (Å²) in [6.45, 7) is 2.75. The summed E-state index contributed by atoms with van der Waals surface area (Å²) in [6, 6.07) is 3.61. The van der Waals surface area contributed by atoms with Crippen LogP contribution in [0.4, 0.5) is 13.2 Å². The molecule has 1 heterocycles. The molecule has 2 fully saturated rings. The molecule has 10 heteroatoms. The van der Waals surface area contributed by atoms with Crippen molar-refractivity contribution in [3.8, 4) is 0 Å². The number of halogens is 3. The van der Waals surface area contributed by atoms with Crippen LogP contribution in [-0.2, 0) is 21.0 Å². The topological polar surface area (TPSA) is 69.7 Å². The van der Waals surface area contributed by atoms with Crippen molar-refractivity contribution in [2.75, 3.05) is 26.2 Å². The summed E-state index contributed by atoms with van der Waals surface area (Å²) in [5.74, 6) is -0.0546. The quantitative estimate of drug-likeness (QED) is 0.684. The van der Waals surface area contributed by atoms with Gasteiger partial charge >= 0.3 is 6.18 Å². The lowest BCUT2D eigenvalue weighted by molar-refractivity contribution is -0.137. The number of amides is 1. The number of hydrogen-bond acceptors (Lipinski definition) is 4. The Balaban J connectivity index is 1.58. The van der Waals surface area contributed by atoms with Crippen molar-refractivity contribution < 1.29 is 26.4 Å². The Bertz CT molecular complexity index is 860. The van der Waals surface area contributed by atoms with E-state index < -0.39 is 21.8 Å². The molecule has 1 aliphatic heterocycles. The number of hydrogen-bond donors (Lipinski definition) is 1. The molecule has 0 unspecified atom stereocenters. The predicted octanol–water partition coefficient (Wildman–Crippen LogP) is 3.24. The van der Waals surface area contributed by atoms with E-state index in [0.717, 1.165) is 37.8 Å². The minimum absolute atomic E-state index is 0.0546. The van der Waals surface area contributed by atoms with Gasteiger partial charge in [-0.2, -0.15) is 17.5 Å². The van der Waals surface area contributed by atoms with Crippen LogP contribution in [0.2, 0.25) is 0 Å². The summed E-state index contributed by atoms with van der Waals surface area (Å²) in [7, 11) is -4.03. The molecule has 1 N–H and O–H groups in total. The summed E-state index contributed by atoms with van der Waals surface area (Å²) in [6.07, 6.45) is 2.00. The second kappa shape index (κ2) is 9.87. The highest BCUT2D eigenvalue weighted by atomic mass is 32.2. The van der Waals surface area contributed by atoms with Crippen LogP contribution in [0.25, 0.3) is 0 Å². The van der Waals surface area contributed by atoms with Gasteiger partial charge in [-0.05, 0) is 38.0 Å². The van der Waals surface area contributed by atoms with Crippen molar-refractivity contribution >= 4 is 15.9 Å². The molecule has 6 nitrogen and oxygen atoms in total. The van der Waals surface area contributed by atoms with Gasteiger partial charge in [0.25, 0.3) is 0 Å². The molecule has 1 atom stereocenters. The molecule has 0 bridgehead atoms. The Labute approximate surface area is 181 Å². The van der Waals surface area contributed by atoms with Gasteiger partial charge in [-0.25, -0.2) is 8.42 Å². The van der Waals surface area contributed by atoms with Crippen LogP contribution in [0.3, 0.4) is 0 Å². The highest BCUT2D eigenvalue weighted by molar-refractivity contribution is 7.89. The molecule has 0 radical (unpaired) electrons. The zero-order chi connectivity index (χ0) is 22.6. The molecule has 1 saturated carbocycles. The van der Waals surface area contributed by atoms with Crippen molar-refractivity contribution in [2.45, 2.75) is 68.6 Å². The Kier molecular flexibility index (Phi) is 7.64. The fraction of sp³-hybridized carbons (Fsp3) is 0.667. The van der Waals surface area contributed by atoms with E-state index in [0.29, 0.717) is 19.2 Å². The van der Waals surface area contributed by atoms with Crippen LogP contribution in [0, 0.1) is 0 Å². The maximum absolute atomic E-state index is 13.0. The number of benzene rings is 1. The van der Waals surface area contributed by atoms with E-state index in [1.54, 1.807) is 0 Å². The molecule has 1 saturated heterocycles. The Morgan fingerprint density at radius 3 is 2.26 bits per heavy atom. The van der Waals surface area contributed by atoms with Gasteiger partial charge in [-0.1, -0.05) is 31.7 Å². The third-order valence-corrected chi connectivity index (χ3v) is 8.10. The lowest BCUT2D eigenvalue weighted by atomic mass is 10.1. The number of rotatable bonds is 5. The number of piperazine rings is 1. The van der Waals surface area contributed by atoms with Gasteiger partial charge in [0.05, 0.1) is 16.5 Å². The fourth-order valence-electron chi connectivity index (χ4n) is 4.22. The molecule has 2 aliphatic rings. The van der Waals surface area contributed by atoms with Crippen LogP contribution in [0.1, 0.15) is 51.0 Å². The maximum Gasteiger partial charge on any atom is 0.416 e. The second-order valence-electron chi connectivity index (χ2n) is 8.34. The highest BCUT2D eigenvalue weighted by Gasteiger charge is 2.35. The van der Waals surface area contributed by atoms with Crippen molar-refractivity contribution in [1.82, 2.24) is 14.5 Å². The monoisotopic (exact) mass is 461 g/mol. The van der Waals surface area contributed by atoms with Crippen molar-refractivity contribution in [2.24, 2.45) is 0 Å². The summed E-state index contributed by atoms with van der Waals surface area (Å²) >= 11 is 0. The van der Waals surface area contributed by atoms with E-state index in [1.807, 2.05) is 11.8 Å². The minimum atomic E-state index is -4.61. The first-order chi connectivity index (χ1) is 14.6. The zero-order valence-electron chi connectivity index (χ0n) is 17.7. The largest absolute Gasteiger partial charge is 0.416 e. The summed E-state index contributed by atoms with van der Waals surface area (Å²) in [5.41, 5.74) is -0.990. The molecular weight excluding hydrogens is 431 g/mol. The Hall–Kier alpha value is -1.65. The van der Waals surface area contributed by atoms with E-state index >= 15 is 0 Å². The van der Waals surface area contributed by atoms with Gasteiger partial charge in [0.2, 0.25) is 15.9 Å². The first kappa shape index (κ1) is 24.0. The van der Waals surface area contributed by atoms with E-state index in [-0.39, 0.29) is 36.0 Å². The first-order valence-corrected chi connectivity index (χ1v) is 12.2. The SMILES string of the molecule is C[C@@H](C(=O)NC1CCCCCC1)N1CCN(S(=O)(=O)c2cccc(C(F)(F)F)c2)CC1. The fourth-order valence-corrected chi connectivity index (χ4v) is 5.69. The molecule has 1 aromatic carbocycles. The Morgan fingerprint density at radius 2 is 1.68 bits per heavy atom. The molecule has 3 rings (SSSR count). The molecule has 31 heavy (non-hydrogen) atoms. The number of sulfonamides is 1. The van der Waals surface area contributed by atoms with Crippen molar-refractivity contribution in [1.29, 1.82) is 0 Å². The van der Waals surface area contributed by atoms with E-state index in [4.69, 9.17) is 0 Å². The van der Waals surface area contributed by atoms with Gasteiger partial charge in [0, 0.05) is 32.2 Å². The third kappa shape index (κ3) is 5.98. The first-order valence-electron chi connectivity index (χ1n) is 10.8. The predicted molar refractivity (Wildman–Crippen MR) is 111 cm³/mol. The molecule has 1 amide bonds. The average molecular weight is 462 g/mol. The zero-order valence-corrected chi connectivity index (χ0v) is 18.5. The molecule has 0 aromatic heterocycles. The number of nitrogens with one attached hydrogen (secondary N) is 1. The molecule has 0 spiro atoms. The molecule has 174 valence electrons. The second-order valence-corrected chi connectivity index (χ2v) is 10.3. The van der Waals surface area contributed by atoms with E-state index in [9.17, 15) is 26.4 Å². The standard InChI is InChI=1S/C21H30F3N3O3S/c1-16(20(28)25-18-8-4-2-3-5-9-18)26-11-13-27(14-12-26)31(29,30)19-10-6-7-17(15-19)21(22,23)24/h6-7,10,15-16,18H,2-5,8-9,11-14H2,1H3,(H,25,28)/t16-/m0/s1. The summed E-state index contributed by atoms with van der Waals surface area (Å²) in [4.78, 5) is 14.2. The van der Waals surface area contributed by atoms with Crippen molar-refractivity contribution in [3.05, 3.63) is 29.8 Å². The van der Waals surface area contributed by atoms with Gasteiger partial charge in [0.15, 0.2) is 0 Å².